The number of nitrogens with zero attached hydrogens (tertiary/aromatic N) is 4. The van der Waals surface area contributed by atoms with Crippen LogP contribution in [0.4, 0.5) is 17.3 Å². The molecule has 102 valence electrons. The van der Waals surface area contributed by atoms with Gasteiger partial charge in [-0.15, -0.1) is 0 Å². The lowest BCUT2D eigenvalue weighted by molar-refractivity contribution is 0.953. The maximum absolute atomic E-state index is 8.74. The van der Waals surface area contributed by atoms with E-state index in [9.17, 15) is 0 Å². The maximum Gasteiger partial charge on any atom is 0.136 e. The Kier molecular flexibility index (Phi) is 4.53. The minimum Gasteiger partial charge on any atom is -0.346 e. The quantitative estimate of drug-likeness (QED) is 0.871. The van der Waals surface area contributed by atoms with Crippen LogP contribution in [0.3, 0.4) is 0 Å². The van der Waals surface area contributed by atoms with Crippen molar-refractivity contribution in [3.05, 3.63) is 40.6 Å². The molecule has 0 spiro atoms. The van der Waals surface area contributed by atoms with Gasteiger partial charge >= 0.3 is 0 Å². The van der Waals surface area contributed by atoms with Gasteiger partial charge in [0, 0.05) is 23.3 Å². The molecule has 0 radical (unpaired) electrons. The van der Waals surface area contributed by atoms with E-state index < -0.39 is 0 Å². The first-order valence-electron chi connectivity index (χ1n) is 6.05. The highest BCUT2D eigenvalue weighted by atomic mass is 79.9. The summed E-state index contributed by atoms with van der Waals surface area (Å²) in [5.74, 6) is 2.09. The molecule has 0 aliphatic rings. The van der Waals surface area contributed by atoms with Gasteiger partial charge in [0.2, 0.25) is 0 Å². The molecule has 2 aromatic rings. The molecule has 1 N–H and O–H groups in total. The zero-order valence-corrected chi connectivity index (χ0v) is 12.8. The fourth-order valence-corrected chi connectivity index (χ4v) is 1.94. The van der Waals surface area contributed by atoms with Crippen molar-refractivity contribution in [2.75, 3.05) is 23.8 Å². The summed E-state index contributed by atoms with van der Waals surface area (Å²) in [6.07, 6.45) is 0. The van der Waals surface area contributed by atoms with E-state index >= 15 is 0 Å². The van der Waals surface area contributed by atoms with Crippen molar-refractivity contribution in [1.82, 2.24) is 9.97 Å². The normalized spacial score (nSPS) is 9.90. The van der Waals surface area contributed by atoms with Crippen LogP contribution in [0.1, 0.15) is 5.82 Å². The number of rotatable bonds is 4. The van der Waals surface area contributed by atoms with Crippen molar-refractivity contribution in [1.29, 1.82) is 5.26 Å². The summed E-state index contributed by atoms with van der Waals surface area (Å²) in [5.41, 5.74) is 0.945. The Labute approximate surface area is 126 Å². The molecule has 0 unspecified atom stereocenters. The van der Waals surface area contributed by atoms with Crippen LogP contribution in [-0.2, 0) is 0 Å². The molecule has 1 heterocycles. The third-order valence-electron chi connectivity index (χ3n) is 2.64. The van der Waals surface area contributed by atoms with Gasteiger partial charge in [-0.1, -0.05) is 15.9 Å². The van der Waals surface area contributed by atoms with Crippen LogP contribution in [0.15, 0.2) is 34.8 Å². The number of nitriles is 1. The zero-order chi connectivity index (χ0) is 14.5. The van der Waals surface area contributed by atoms with Gasteiger partial charge in [0.05, 0.1) is 6.07 Å². The summed E-state index contributed by atoms with van der Waals surface area (Å²) in [7, 11) is 1.83. The topological polar surface area (TPSA) is 64.8 Å². The van der Waals surface area contributed by atoms with E-state index in [-0.39, 0.29) is 6.54 Å². The maximum atomic E-state index is 8.74. The van der Waals surface area contributed by atoms with E-state index in [0.29, 0.717) is 11.6 Å². The first-order chi connectivity index (χ1) is 9.58. The fourth-order valence-electron chi connectivity index (χ4n) is 1.68. The van der Waals surface area contributed by atoms with E-state index in [4.69, 9.17) is 5.26 Å². The molecule has 0 aliphatic carbocycles. The average Bonchev–Trinajstić information content (AvgIpc) is 2.41. The molecule has 2 rings (SSSR count). The Morgan fingerprint density at radius 1 is 1.30 bits per heavy atom. The number of aryl methyl sites for hydroxylation is 1. The van der Waals surface area contributed by atoms with Crippen molar-refractivity contribution in [2.45, 2.75) is 6.92 Å². The number of hydrogen-bond donors (Lipinski definition) is 1. The summed E-state index contributed by atoms with van der Waals surface area (Å²) < 4.78 is 1.02. The van der Waals surface area contributed by atoms with Crippen LogP contribution < -0.4 is 10.2 Å². The van der Waals surface area contributed by atoms with Gasteiger partial charge in [-0.3, -0.25) is 0 Å². The van der Waals surface area contributed by atoms with Crippen molar-refractivity contribution < 1.29 is 0 Å². The average molecular weight is 332 g/mol. The highest BCUT2D eigenvalue weighted by Gasteiger charge is 2.06. The summed E-state index contributed by atoms with van der Waals surface area (Å²) in [6, 6.07) is 11.8. The van der Waals surface area contributed by atoms with Gasteiger partial charge in [-0.05, 0) is 31.2 Å². The van der Waals surface area contributed by atoms with Gasteiger partial charge in [0.15, 0.2) is 0 Å². The van der Waals surface area contributed by atoms with E-state index in [2.05, 4.69) is 37.3 Å². The molecule has 0 saturated carbocycles. The summed E-state index contributed by atoms with van der Waals surface area (Å²) in [4.78, 5) is 10.5. The van der Waals surface area contributed by atoms with Gasteiger partial charge in [-0.25, -0.2) is 9.97 Å². The lowest BCUT2D eigenvalue weighted by atomic mass is 10.3. The van der Waals surface area contributed by atoms with Gasteiger partial charge in [0.1, 0.15) is 24.0 Å². The predicted octanol–water partition coefficient (Wildman–Crippen LogP) is 3.25. The van der Waals surface area contributed by atoms with Crippen molar-refractivity contribution in [3.8, 4) is 6.07 Å². The highest BCUT2D eigenvalue weighted by molar-refractivity contribution is 9.10. The highest BCUT2D eigenvalue weighted by Crippen LogP contribution is 2.20. The molecule has 20 heavy (non-hydrogen) atoms. The first kappa shape index (κ1) is 14.3. The number of aromatic nitrogens is 2. The molecule has 0 saturated heterocycles. The van der Waals surface area contributed by atoms with Crippen LogP contribution in [0.5, 0.6) is 0 Å². The minimum absolute atomic E-state index is 0.286. The van der Waals surface area contributed by atoms with Crippen LogP contribution in [0.2, 0.25) is 0 Å². The Balaban J connectivity index is 2.24. The lowest BCUT2D eigenvalue weighted by Gasteiger charge is -2.16. The first-order valence-corrected chi connectivity index (χ1v) is 6.84. The molecule has 1 aromatic heterocycles. The Morgan fingerprint density at radius 2 is 2.00 bits per heavy atom. The molecular formula is C14H14BrN5. The largest absolute Gasteiger partial charge is 0.346 e. The second kappa shape index (κ2) is 6.35. The fraction of sp³-hybridized carbons (Fsp3) is 0.214. The predicted molar refractivity (Wildman–Crippen MR) is 83.1 cm³/mol. The molecule has 0 bridgehead atoms. The number of benzene rings is 1. The van der Waals surface area contributed by atoms with Crippen molar-refractivity contribution in [3.63, 3.8) is 0 Å². The molecule has 6 heteroatoms. The molecule has 5 nitrogen and oxygen atoms in total. The molecule has 1 aromatic carbocycles. The second-order valence-corrected chi connectivity index (χ2v) is 5.22. The smallest absolute Gasteiger partial charge is 0.136 e. The molecule has 0 aliphatic heterocycles. The van der Waals surface area contributed by atoms with Crippen LogP contribution >= 0.6 is 15.9 Å². The Morgan fingerprint density at radius 3 is 2.65 bits per heavy atom. The standard InChI is InChI=1S/C14H14BrN5/c1-10-17-13(9-14(18-10)20(2)8-7-16)19-12-5-3-11(15)4-6-12/h3-6,9H,8H2,1-2H3,(H,17,18,19). The number of hydrogen-bond acceptors (Lipinski definition) is 5. The Bertz CT molecular complexity index is 633. The van der Waals surface area contributed by atoms with Crippen molar-refractivity contribution >= 4 is 33.3 Å². The minimum atomic E-state index is 0.286. The van der Waals surface area contributed by atoms with Crippen molar-refractivity contribution in [2.24, 2.45) is 0 Å². The third-order valence-corrected chi connectivity index (χ3v) is 3.17. The zero-order valence-electron chi connectivity index (χ0n) is 11.3. The number of anilines is 3. The van der Waals surface area contributed by atoms with E-state index in [1.165, 1.54) is 0 Å². The summed E-state index contributed by atoms with van der Waals surface area (Å²) >= 11 is 3.40. The van der Waals surface area contributed by atoms with Gasteiger partial charge in [0.25, 0.3) is 0 Å². The van der Waals surface area contributed by atoms with Crippen LogP contribution in [-0.4, -0.2) is 23.6 Å². The molecule has 0 amide bonds. The SMILES string of the molecule is Cc1nc(Nc2ccc(Br)cc2)cc(N(C)CC#N)n1. The number of halogens is 1. The molecule has 0 fully saturated rings. The summed E-state index contributed by atoms with van der Waals surface area (Å²) in [6.45, 7) is 2.12. The second-order valence-electron chi connectivity index (χ2n) is 4.30. The summed E-state index contributed by atoms with van der Waals surface area (Å²) in [5, 5.41) is 12.0. The Hall–Kier alpha value is -2.13. The van der Waals surface area contributed by atoms with Gasteiger partial charge in [-0.2, -0.15) is 5.26 Å². The lowest BCUT2D eigenvalue weighted by Crippen LogP contribution is -2.19. The van der Waals surface area contributed by atoms with Crippen LogP contribution in [0, 0.1) is 18.3 Å². The van der Waals surface area contributed by atoms with Crippen LogP contribution in [0.25, 0.3) is 0 Å². The monoisotopic (exact) mass is 331 g/mol. The van der Waals surface area contributed by atoms with E-state index in [0.717, 1.165) is 16.0 Å². The number of nitrogens with one attached hydrogen (secondary N) is 1. The van der Waals surface area contributed by atoms with E-state index in [1.807, 2.05) is 44.3 Å². The molecule has 0 atom stereocenters. The van der Waals surface area contributed by atoms with Gasteiger partial charge < -0.3 is 10.2 Å². The third kappa shape index (κ3) is 3.68. The molecular weight excluding hydrogens is 318 g/mol. The van der Waals surface area contributed by atoms with E-state index in [1.54, 1.807) is 4.90 Å².